The minimum atomic E-state index is -0.162. The van der Waals surface area contributed by atoms with Crippen molar-refractivity contribution in [3.63, 3.8) is 0 Å². The van der Waals surface area contributed by atoms with Gasteiger partial charge in [0.15, 0.2) is 0 Å². The van der Waals surface area contributed by atoms with E-state index in [1.807, 2.05) is 0 Å². The van der Waals surface area contributed by atoms with Crippen LogP contribution in [0.1, 0.15) is 53.4 Å². The van der Waals surface area contributed by atoms with Crippen molar-refractivity contribution >= 4 is 0 Å². The SMILES string of the molecule is CCCCN(CC(C)(CO)NC(C)C)C1CC1. The molecule has 0 aromatic carbocycles. The van der Waals surface area contributed by atoms with E-state index in [9.17, 15) is 5.11 Å². The van der Waals surface area contributed by atoms with Crippen molar-refractivity contribution in [2.24, 2.45) is 0 Å². The molecule has 0 aromatic rings. The summed E-state index contributed by atoms with van der Waals surface area (Å²) in [4.78, 5) is 2.56. The number of hydrogen-bond acceptors (Lipinski definition) is 3. The maximum absolute atomic E-state index is 9.62. The van der Waals surface area contributed by atoms with Crippen LogP contribution in [-0.2, 0) is 0 Å². The van der Waals surface area contributed by atoms with Crippen LogP contribution in [0.2, 0.25) is 0 Å². The molecule has 102 valence electrons. The minimum absolute atomic E-state index is 0.162. The first-order valence-electron chi connectivity index (χ1n) is 7.13. The van der Waals surface area contributed by atoms with Gasteiger partial charge in [-0.1, -0.05) is 27.2 Å². The average molecular weight is 242 g/mol. The summed E-state index contributed by atoms with van der Waals surface area (Å²) in [5.41, 5.74) is -0.162. The molecule has 3 nitrogen and oxygen atoms in total. The van der Waals surface area contributed by atoms with Crippen molar-refractivity contribution in [1.82, 2.24) is 10.2 Å². The first-order chi connectivity index (χ1) is 8.00. The van der Waals surface area contributed by atoms with Gasteiger partial charge >= 0.3 is 0 Å². The third-order valence-electron chi connectivity index (χ3n) is 3.40. The Morgan fingerprint density at radius 2 is 2.06 bits per heavy atom. The molecule has 0 radical (unpaired) electrons. The summed E-state index contributed by atoms with van der Waals surface area (Å²) in [6.07, 6.45) is 5.19. The van der Waals surface area contributed by atoms with Crippen LogP contribution < -0.4 is 5.32 Å². The van der Waals surface area contributed by atoms with Crippen molar-refractivity contribution in [3.8, 4) is 0 Å². The normalized spacial score (nSPS) is 19.9. The van der Waals surface area contributed by atoms with Gasteiger partial charge in [0.1, 0.15) is 0 Å². The standard InChI is InChI=1S/C14H30N2O/c1-5-6-9-16(13-7-8-13)10-14(4,11-17)15-12(2)3/h12-13,15,17H,5-11H2,1-4H3. The molecule has 0 spiro atoms. The summed E-state index contributed by atoms with van der Waals surface area (Å²) in [7, 11) is 0. The predicted molar refractivity (Wildman–Crippen MR) is 73.3 cm³/mol. The molecule has 1 fully saturated rings. The fourth-order valence-corrected chi connectivity index (χ4v) is 2.48. The Morgan fingerprint density at radius 3 is 2.47 bits per heavy atom. The van der Waals surface area contributed by atoms with Gasteiger partial charge in [-0.3, -0.25) is 4.90 Å². The van der Waals surface area contributed by atoms with E-state index in [0.717, 1.165) is 12.6 Å². The van der Waals surface area contributed by atoms with Gasteiger partial charge in [-0.2, -0.15) is 0 Å². The van der Waals surface area contributed by atoms with Gasteiger partial charge in [0.25, 0.3) is 0 Å². The quantitative estimate of drug-likeness (QED) is 0.649. The highest BCUT2D eigenvalue weighted by atomic mass is 16.3. The zero-order valence-electron chi connectivity index (χ0n) is 12.0. The molecule has 0 aromatic heterocycles. The van der Waals surface area contributed by atoms with Crippen LogP contribution in [0.25, 0.3) is 0 Å². The third kappa shape index (κ3) is 5.36. The Bertz CT molecular complexity index is 216. The second-order valence-corrected chi connectivity index (χ2v) is 6.07. The van der Waals surface area contributed by atoms with E-state index < -0.39 is 0 Å². The molecule has 17 heavy (non-hydrogen) atoms. The maximum atomic E-state index is 9.62. The summed E-state index contributed by atoms with van der Waals surface area (Å²) in [6.45, 7) is 11.0. The fourth-order valence-electron chi connectivity index (χ4n) is 2.48. The molecule has 0 bridgehead atoms. The molecule has 2 N–H and O–H groups in total. The van der Waals surface area contributed by atoms with Crippen LogP contribution in [0.3, 0.4) is 0 Å². The monoisotopic (exact) mass is 242 g/mol. The summed E-state index contributed by atoms with van der Waals surface area (Å²) < 4.78 is 0. The van der Waals surface area contributed by atoms with Gasteiger partial charge in [-0.25, -0.2) is 0 Å². The van der Waals surface area contributed by atoms with Crippen molar-refractivity contribution < 1.29 is 5.11 Å². The van der Waals surface area contributed by atoms with Crippen molar-refractivity contribution in [2.45, 2.75) is 71.0 Å². The summed E-state index contributed by atoms with van der Waals surface area (Å²) in [5.74, 6) is 0. The highest BCUT2D eigenvalue weighted by Gasteiger charge is 2.34. The number of aliphatic hydroxyl groups excluding tert-OH is 1. The molecule has 1 atom stereocenters. The van der Waals surface area contributed by atoms with E-state index in [-0.39, 0.29) is 12.1 Å². The summed E-state index contributed by atoms with van der Waals surface area (Å²) in [5, 5.41) is 13.1. The molecule has 0 amide bonds. The van der Waals surface area contributed by atoms with Gasteiger partial charge < -0.3 is 10.4 Å². The maximum Gasteiger partial charge on any atom is 0.0623 e. The number of hydrogen-bond donors (Lipinski definition) is 2. The van der Waals surface area contributed by atoms with Gasteiger partial charge in [0.05, 0.1) is 12.1 Å². The summed E-state index contributed by atoms with van der Waals surface area (Å²) in [6, 6.07) is 1.20. The van der Waals surface area contributed by atoms with Gasteiger partial charge in [-0.05, 0) is 32.7 Å². The largest absolute Gasteiger partial charge is 0.394 e. The minimum Gasteiger partial charge on any atom is -0.394 e. The molecule has 1 saturated carbocycles. The molecule has 1 rings (SSSR count). The van der Waals surface area contributed by atoms with Crippen LogP contribution in [0.15, 0.2) is 0 Å². The zero-order chi connectivity index (χ0) is 12.9. The summed E-state index contributed by atoms with van der Waals surface area (Å²) >= 11 is 0. The molecular formula is C14H30N2O. The van der Waals surface area contributed by atoms with E-state index in [1.54, 1.807) is 0 Å². The zero-order valence-corrected chi connectivity index (χ0v) is 12.0. The lowest BCUT2D eigenvalue weighted by atomic mass is 10.0. The van der Waals surface area contributed by atoms with Crippen molar-refractivity contribution in [1.29, 1.82) is 0 Å². The predicted octanol–water partition coefficient (Wildman–Crippen LogP) is 2.00. The highest BCUT2D eigenvalue weighted by Crippen LogP contribution is 2.28. The first-order valence-corrected chi connectivity index (χ1v) is 7.13. The van der Waals surface area contributed by atoms with Crippen molar-refractivity contribution in [3.05, 3.63) is 0 Å². The van der Waals surface area contributed by atoms with Crippen LogP contribution in [0, 0.1) is 0 Å². The lowest BCUT2D eigenvalue weighted by molar-refractivity contribution is 0.108. The molecule has 3 heteroatoms. The third-order valence-corrected chi connectivity index (χ3v) is 3.40. The van der Waals surface area contributed by atoms with E-state index in [4.69, 9.17) is 0 Å². The van der Waals surface area contributed by atoms with Gasteiger partial charge in [0, 0.05) is 18.6 Å². The topological polar surface area (TPSA) is 35.5 Å². The van der Waals surface area contributed by atoms with Crippen LogP contribution >= 0.6 is 0 Å². The first kappa shape index (κ1) is 14.9. The van der Waals surface area contributed by atoms with E-state index in [2.05, 4.69) is 37.9 Å². The second-order valence-electron chi connectivity index (χ2n) is 6.07. The number of rotatable bonds is 9. The number of aliphatic hydroxyl groups is 1. The van der Waals surface area contributed by atoms with E-state index in [0.29, 0.717) is 6.04 Å². The van der Waals surface area contributed by atoms with E-state index in [1.165, 1.54) is 32.2 Å². The Balaban J connectivity index is 2.49. The Kier molecular flexibility index (Phi) is 5.90. The molecule has 1 aliphatic carbocycles. The van der Waals surface area contributed by atoms with Gasteiger partial charge in [-0.15, -0.1) is 0 Å². The number of nitrogens with one attached hydrogen (secondary N) is 1. The van der Waals surface area contributed by atoms with Crippen LogP contribution in [0.5, 0.6) is 0 Å². The van der Waals surface area contributed by atoms with Gasteiger partial charge in [0.2, 0.25) is 0 Å². The molecule has 0 aliphatic heterocycles. The molecule has 1 unspecified atom stereocenters. The number of unbranched alkanes of at least 4 members (excludes halogenated alkanes) is 1. The van der Waals surface area contributed by atoms with E-state index >= 15 is 0 Å². The smallest absolute Gasteiger partial charge is 0.0623 e. The van der Waals surface area contributed by atoms with Crippen LogP contribution in [0.4, 0.5) is 0 Å². The molecular weight excluding hydrogens is 212 g/mol. The van der Waals surface area contributed by atoms with Crippen LogP contribution in [-0.4, -0.2) is 47.3 Å². The second kappa shape index (κ2) is 6.72. The molecule has 0 saturated heterocycles. The lowest BCUT2D eigenvalue weighted by Crippen LogP contribution is -2.56. The fraction of sp³-hybridized carbons (Fsp3) is 1.00. The Labute approximate surface area is 107 Å². The Morgan fingerprint density at radius 1 is 1.41 bits per heavy atom. The number of nitrogens with zero attached hydrogens (tertiary/aromatic N) is 1. The Hall–Kier alpha value is -0.120. The average Bonchev–Trinajstić information content (AvgIpc) is 3.07. The van der Waals surface area contributed by atoms with Crippen molar-refractivity contribution in [2.75, 3.05) is 19.7 Å². The highest BCUT2D eigenvalue weighted by molar-refractivity contribution is 4.93. The lowest BCUT2D eigenvalue weighted by Gasteiger charge is -2.36. The molecule has 1 aliphatic rings. The molecule has 0 heterocycles.